The second kappa shape index (κ2) is 5.85. The molecule has 2 heterocycles. The number of rotatable bonds is 4. The van der Waals surface area contributed by atoms with Gasteiger partial charge in [-0.25, -0.2) is 4.98 Å². The Hall–Kier alpha value is -2.18. The predicted molar refractivity (Wildman–Crippen MR) is 72.1 cm³/mol. The van der Waals surface area contributed by atoms with Crippen molar-refractivity contribution in [1.29, 1.82) is 0 Å². The van der Waals surface area contributed by atoms with Gasteiger partial charge in [0.05, 0.1) is 6.20 Å². The Morgan fingerprint density at radius 3 is 2.85 bits per heavy atom. The van der Waals surface area contributed by atoms with E-state index in [9.17, 15) is 14.4 Å². The SMILES string of the molecule is CC(C)N1CC(CNC(=O)c2c[nH]c(=O)cn2)CC1=O. The quantitative estimate of drug-likeness (QED) is 0.794. The van der Waals surface area contributed by atoms with Gasteiger partial charge in [-0.2, -0.15) is 0 Å². The Morgan fingerprint density at radius 1 is 1.55 bits per heavy atom. The van der Waals surface area contributed by atoms with Gasteiger partial charge in [0.25, 0.3) is 11.5 Å². The lowest BCUT2D eigenvalue weighted by atomic mass is 10.1. The van der Waals surface area contributed by atoms with E-state index < -0.39 is 0 Å². The lowest BCUT2D eigenvalue weighted by Gasteiger charge is -2.21. The zero-order valence-corrected chi connectivity index (χ0v) is 11.5. The fraction of sp³-hybridized carbons (Fsp3) is 0.538. The molecular weight excluding hydrogens is 260 g/mol. The fourth-order valence-electron chi connectivity index (χ4n) is 2.24. The molecule has 0 saturated carbocycles. The topological polar surface area (TPSA) is 95.2 Å². The van der Waals surface area contributed by atoms with Crippen molar-refractivity contribution in [3.63, 3.8) is 0 Å². The third-order valence-electron chi connectivity index (χ3n) is 3.32. The summed E-state index contributed by atoms with van der Waals surface area (Å²) in [7, 11) is 0. The standard InChI is InChI=1S/C13H18N4O3/c1-8(2)17-7-9(3-12(17)19)4-16-13(20)10-5-15-11(18)6-14-10/h5-6,8-9H,3-4,7H2,1-2H3,(H,15,18)(H,16,20). The number of hydrogen-bond donors (Lipinski definition) is 2. The number of nitrogens with one attached hydrogen (secondary N) is 2. The van der Waals surface area contributed by atoms with Gasteiger partial charge in [-0.1, -0.05) is 0 Å². The maximum Gasteiger partial charge on any atom is 0.271 e. The van der Waals surface area contributed by atoms with Crippen molar-refractivity contribution in [3.8, 4) is 0 Å². The Kier molecular flexibility index (Phi) is 4.16. The molecule has 7 heteroatoms. The van der Waals surface area contributed by atoms with Crippen LogP contribution in [-0.2, 0) is 4.79 Å². The Bertz CT molecular complexity index is 546. The molecule has 0 aliphatic carbocycles. The summed E-state index contributed by atoms with van der Waals surface area (Å²) in [6.45, 7) is 5.04. The number of amides is 2. The second-order valence-corrected chi connectivity index (χ2v) is 5.22. The van der Waals surface area contributed by atoms with Gasteiger partial charge in [0.1, 0.15) is 5.69 Å². The number of aromatic nitrogens is 2. The molecule has 1 aromatic rings. The number of likely N-dealkylation sites (tertiary alicyclic amines) is 1. The molecule has 1 unspecified atom stereocenters. The summed E-state index contributed by atoms with van der Waals surface area (Å²) < 4.78 is 0. The first kappa shape index (κ1) is 14.2. The minimum atomic E-state index is -0.351. The van der Waals surface area contributed by atoms with E-state index in [1.807, 2.05) is 18.7 Å². The van der Waals surface area contributed by atoms with E-state index in [0.29, 0.717) is 19.5 Å². The van der Waals surface area contributed by atoms with Crippen LogP contribution >= 0.6 is 0 Å². The molecule has 1 atom stereocenters. The van der Waals surface area contributed by atoms with E-state index in [1.165, 1.54) is 6.20 Å². The van der Waals surface area contributed by atoms with Crippen LogP contribution in [0.1, 0.15) is 30.8 Å². The van der Waals surface area contributed by atoms with Crippen molar-refractivity contribution in [1.82, 2.24) is 20.2 Å². The van der Waals surface area contributed by atoms with E-state index in [-0.39, 0.29) is 35.0 Å². The van der Waals surface area contributed by atoms with Gasteiger partial charge in [-0.3, -0.25) is 14.4 Å². The first-order chi connectivity index (χ1) is 9.47. The smallest absolute Gasteiger partial charge is 0.271 e. The highest BCUT2D eigenvalue weighted by Gasteiger charge is 2.31. The number of carbonyl (C=O) groups excluding carboxylic acids is 2. The molecular formula is C13H18N4O3. The van der Waals surface area contributed by atoms with E-state index in [4.69, 9.17) is 0 Å². The lowest BCUT2D eigenvalue weighted by molar-refractivity contribution is -0.129. The molecule has 1 fully saturated rings. The van der Waals surface area contributed by atoms with E-state index in [1.54, 1.807) is 0 Å². The molecule has 1 aliphatic heterocycles. The Labute approximate surface area is 116 Å². The molecule has 108 valence electrons. The van der Waals surface area contributed by atoms with Crippen molar-refractivity contribution in [3.05, 3.63) is 28.4 Å². The third-order valence-corrected chi connectivity index (χ3v) is 3.32. The van der Waals surface area contributed by atoms with E-state index in [2.05, 4.69) is 15.3 Å². The number of aromatic amines is 1. The molecule has 0 spiro atoms. The predicted octanol–water partition coefficient (Wildman–Crippen LogP) is -0.243. The van der Waals surface area contributed by atoms with Gasteiger partial charge in [-0.15, -0.1) is 0 Å². The number of H-pyrrole nitrogens is 1. The van der Waals surface area contributed by atoms with Gasteiger partial charge < -0.3 is 15.2 Å². The van der Waals surface area contributed by atoms with Crippen molar-refractivity contribution in [2.45, 2.75) is 26.3 Å². The molecule has 2 amide bonds. The van der Waals surface area contributed by atoms with E-state index in [0.717, 1.165) is 6.20 Å². The van der Waals surface area contributed by atoms with Crippen molar-refractivity contribution < 1.29 is 9.59 Å². The van der Waals surface area contributed by atoms with Crippen LogP contribution in [0.5, 0.6) is 0 Å². The zero-order chi connectivity index (χ0) is 14.7. The summed E-state index contributed by atoms with van der Waals surface area (Å²) >= 11 is 0. The lowest BCUT2D eigenvalue weighted by Crippen LogP contribution is -2.34. The average Bonchev–Trinajstić information content (AvgIpc) is 2.78. The van der Waals surface area contributed by atoms with Gasteiger partial charge in [0.15, 0.2) is 0 Å². The van der Waals surface area contributed by atoms with Crippen LogP contribution in [0.2, 0.25) is 0 Å². The highest BCUT2D eigenvalue weighted by molar-refractivity contribution is 5.91. The molecule has 7 nitrogen and oxygen atoms in total. The van der Waals surface area contributed by atoms with E-state index >= 15 is 0 Å². The molecule has 1 aromatic heterocycles. The summed E-state index contributed by atoms with van der Waals surface area (Å²) in [5.41, 5.74) is -0.190. The van der Waals surface area contributed by atoms with Crippen molar-refractivity contribution in [2.24, 2.45) is 5.92 Å². The molecule has 1 aliphatic rings. The maximum absolute atomic E-state index is 11.8. The van der Waals surface area contributed by atoms with Crippen LogP contribution in [0.3, 0.4) is 0 Å². The molecule has 0 bridgehead atoms. The minimum Gasteiger partial charge on any atom is -0.350 e. The number of carbonyl (C=O) groups is 2. The van der Waals surface area contributed by atoms with Gasteiger partial charge in [0, 0.05) is 37.7 Å². The molecule has 0 aromatic carbocycles. The van der Waals surface area contributed by atoms with Crippen molar-refractivity contribution in [2.75, 3.05) is 13.1 Å². The molecule has 20 heavy (non-hydrogen) atoms. The zero-order valence-electron chi connectivity index (χ0n) is 11.5. The highest BCUT2D eigenvalue weighted by atomic mass is 16.2. The van der Waals surface area contributed by atoms with Crippen LogP contribution in [0.4, 0.5) is 0 Å². The summed E-state index contributed by atoms with van der Waals surface area (Å²) in [6, 6.07) is 0.184. The highest BCUT2D eigenvalue weighted by Crippen LogP contribution is 2.19. The number of hydrogen-bond acceptors (Lipinski definition) is 4. The normalized spacial score (nSPS) is 18.6. The summed E-state index contributed by atoms with van der Waals surface area (Å²) in [5.74, 6) is -0.102. The van der Waals surface area contributed by atoms with Gasteiger partial charge in [-0.05, 0) is 13.8 Å². The molecule has 2 N–H and O–H groups in total. The third kappa shape index (κ3) is 3.23. The number of nitrogens with zero attached hydrogens (tertiary/aromatic N) is 2. The van der Waals surface area contributed by atoms with Gasteiger partial charge in [0.2, 0.25) is 5.91 Å². The van der Waals surface area contributed by atoms with Crippen LogP contribution in [0.15, 0.2) is 17.2 Å². The maximum atomic E-state index is 11.8. The monoisotopic (exact) mass is 278 g/mol. The molecule has 1 saturated heterocycles. The first-order valence-electron chi connectivity index (χ1n) is 6.59. The fourth-order valence-corrected chi connectivity index (χ4v) is 2.24. The minimum absolute atomic E-state index is 0.122. The second-order valence-electron chi connectivity index (χ2n) is 5.22. The summed E-state index contributed by atoms with van der Waals surface area (Å²) in [4.78, 5) is 42.4. The van der Waals surface area contributed by atoms with Crippen molar-refractivity contribution >= 4 is 11.8 Å². The van der Waals surface area contributed by atoms with Crippen LogP contribution in [-0.4, -0.2) is 45.8 Å². The van der Waals surface area contributed by atoms with Crippen LogP contribution < -0.4 is 10.9 Å². The van der Waals surface area contributed by atoms with Crippen LogP contribution in [0.25, 0.3) is 0 Å². The molecule has 2 rings (SSSR count). The Balaban J connectivity index is 1.87. The van der Waals surface area contributed by atoms with Crippen LogP contribution in [0, 0.1) is 5.92 Å². The molecule has 0 radical (unpaired) electrons. The first-order valence-corrected chi connectivity index (χ1v) is 6.59. The average molecular weight is 278 g/mol. The summed E-state index contributed by atoms with van der Waals surface area (Å²) in [5, 5.41) is 2.74. The van der Waals surface area contributed by atoms with Gasteiger partial charge >= 0.3 is 0 Å². The Morgan fingerprint density at radius 2 is 2.30 bits per heavy atom. The summed E-state index contributed by atoms with van der Waals surface area (Å²) in [6.07, 6.45) is 2.80. The largest absolute Gasteiger partial charge is 0.350 e.